The molecule has 1 N–H and O–H groups in total. The summed E-state index contributed by atoms with van der Waals surface area (Å²) in [6, 6.07) is 7.51. The lowest BCUT2D eigenvalue weighted by Gasteiger charge is -2.31. The molecule has 3 saturated heterocycles. The average Bonchev–Trinajstić information content (AvgIpc) is 3.28. The second-order valence-corrected chi connectivity index (χ2v) is 6.45. The number of hydrogen-bond donors (Lipinski definition) is 1. The van der Waals surface area contributed by atoms with E-state index in [2.05, 4.69) is 4.98 Å². The predicted molar refractivity (Wildman–Crippen MR) is 82.8 cm³/mol. The molecule has 5 rings (SSSR count). The first-order chi connectivity index (χ1) is 11.2. The first-order valence-corrected chi connectivity index (χ1v) is 8.02. The van der Waals surface area contributed by atoms with E-state index < -0.39 is 5.72 Å². The molecule has 6 nitrogen and oxygen atoms in total. The number of carbonyl (C=O) groups excluding carboxylic acids is 2. The molecule has 1 aromatic heterocycles. The zero-order valence-corrected chi connectivity index (χ0v) is 12.6. The van der Waals surface area contributed by atoms with Gasteiger partial charge in [-0.3, -0.25) is 9.59 Å². The van der Waals surface area contributed by atoms with Crippen molar-refractivity contribution < 1.29 is 14.3 Å². The van der Waals surface area contributed by atoms with Crippen molar-refractivity contribution in [1.29, 1.82) is 0 Å². The minimum absolute atomic E-state index is 0.0231. The number of carbonyl (C=O) groups is 2. The highest BCUT2D eigenvalue weighted by Gasteiger charge is 2.62. The van der Waals surface area contributed by atoms with Crippen molar-refractivity contribution in [2.24, 2.45) is 0 Å². The van der Waals surface area contributed by atoms with Crippen LogP contribution in [0, 0.1) is 0 Å². The van der Waals surface area contributed by atoms with Crippen LogP contribution in [0.4, 0.5) is 0 Å². The van der Waals surface area contributed by atoms with Gasteiger partial charge in [0, 0.05) is 31.1 Å². The Bertz CT molecular complexity index is 829. The van der Waals surface area contributed by atoms with Crippen LogP contribution < -0.4 is 0 Å². The number of amides is 2. The third-order valence-electron chi connectivity index (χ3n) is 5.48. The molecule has 3 fully saturated rings. The van der Waals surface area contributed by atoms with Crippen LogP contribution in [0.1, 0.15) is 23.2 Å². The lowest BCUT2D eigenvalue weighted by atomic mass is 10.1. The highest BCUT2D eigenvalue weighted by Crippen LogP contribution is 2.46. The summed E-state index contributed by atoms with van der Waals surface area (Å²) in [5, 5.41) is 1.02. The number of likely N-dealkylation sites (tertiary alicyclic amines) is 1. The molecular weight excluding hydrogens is 294 g/mol. The van der Waals surface area contributed by atoms with E-state index >= 15 is 0 Å². The number of nitrogens with one attached hydrogen (secondary N) is 1. The van der Waals surface area contributed by atoms with E-state index in [4.69, 9.17) is 4.74 Å². The summed E-state index contributed by atoms with van der Waals surface area (Å²) in [4.78, 5) is 32.2. The largest absolute Gasteiger partial charge is 0.361 e. The second-order valence-electron chi connectivity index (χ2n) is 6.45. The topological polar surface area (TPSA) is 65.6 Å². The van der Waals surface area contributed by atoms with Gasteiger partial charge in [-0.2, -0.15) is 0 Å². The normalized spacial score (nSPS) is 29.4. The molecule has 0 saturated carbocycles. The maximum absolute atomic E-state index is 13.1. The van der Waals surface area contributed by atoms with Gasteiger partial charge >= 0.3 is 0 Å². The molecule has 6 heteroatoms. The van der Waals surface area contributed by atoms with E-state index in [0.29, 0.717) is 38.1 Å². The van der Waals surface area contributed by atoms with Gasteiger partial charge in [0.2, 0.25) is 5.91 Å². The molecule has 2 aromatic rings. The Labute approximate surface area is 133 Å². The van der Waals surface area contributed by atoms with Crippen LogP contribution in [0.2, 0.25) is 0 Å². The molecule has 0 radical (unpaired) electrons. The highest BCUT2D eigenvalue weighted by atomic mass is 16.5. The van der Waals surface area contributed by atoms with Gasteiger partial charge in [-0.05, 0) is 12.1 Å². The standard InChI is InChI=1S/C17H17N3O3/c21-14-10-13-17(20(14)8-9-23-17)5-7-19(13)16(22)12-3-1-2-11-4-6-18-15(11)12/h1-4,6,13,18H,5,7-10H2/t13-,17+/m1/s1. The number of benzene rings is 1. The van der Waals surface area contributed by atoms with Crippen LogP contribution in [-0.2, 0) is 9.53 Å². The Morgan fingerprint density at radius 1 is 1.30 bits per heavy atom. The number of ether oxygens (including phenoxy) is 1. The molecule has 2 amide bonds. The van der Waals surface area contributed by atoms with Crippen LogP contribution in [0.5, 0.6) is 0 Å². The van der Waals surface area contributed by atoms with E-state index in [-0.39, 0.29) is 17.9 Å². The maximum atomic E-state index is 13.1. The van der Waals surface area contributed by atoms with Gasteiger partial charge < -0.3 is 19.5 Å². The minimum atomic E-state index is -0.573. The van der Waals surface area contributed by atoms with Gasteiger partial charge in [0.15, 0.2) is 5.72 Å². The minimum Gasteiger partial charge on any atom is -0.361 e. The summed E-state index contributed by atoms with van der Waals surface area (Å²) in [5.41, 5.74) is 0.941. The van der Waals surface area contributed by atoms with Crippen molar-refractivity contribution >= 4 is 22.7 Å². The number of fused-ring (bicyclic) bond motifs is 1. The quantitative estimate of drug-likeness (QED) is 0.864. The molecule has 23 heavy (non-hydrogen) atoms. The SMILES string of the molecule is O=C(c1cccc2cc[nH]c12)N1CC[C@@]23OCCN2C(=O)C[C@@H]13. The zero-order valence-electron chi connectivity index (χ0n) is 12.6. The second kappa shape index (κ2) is 4.35. The Balaban J connectivity index is 1.54. The molecule has 0 aliphatic carbocycles. The number of aromatic nitrogens is 1. The Hall–Kier alpha value is -2.34. The molecular formula is C17H17N3O3. The number of para-hydroxylation sites is 1. The molecule has 3 aliphatic rings. The van der Waals surface area contributed by atoms with Gasteiger partial charge in [0.1, 0.15) is 0 Å². The number of H-pyrrole nitrogens is 1. The van der Waals surface area contributed by atoms with Crippen LogP contribution in [0.25, 0.3) is 10.9 Å². The predicted octanol–water partition coefficient (Wildman–Crippen LogP) is 1.34. The molecule has 1 spiro atoms. The van der Waals surface area contributed by atoms with Crippen LogP contribution in [0.15, 0.2) is 30.5 Å². The van der Waals surface area contributed by atoms with Crippen molar-refractivity contribution in [3.8, 4) is 0 Å². The van der Waals surface area contributed by atoms with Crippen LogP contribution in [-0.4, -0.2) is 58.1 Å². The summed E-state index contributed by atoms with van der Waals surface area (Å²) in [6.07, 6.45) is 2.91. The van der Waals surface area contributed by atoms with E-state index in [1.54, 1.807) is 0 Å². The van der Waals surface area contributed by atoms with Gasteiger partial charge in [0.05, 0.1) is 30.1 Å². The Morgan fingerprint density at radius 3 is 3.13 bits per heavy atom. The lowest BCUT2D eigenvalue weighted by Crippen LogP contribution is -2.48. The molecule has 2 atom stereocenters. The number of rotatable bonds is 1. The fourth-order valence-electron chi connectivity index (χ4n) is 4.45. The molecule has 1 aromatic carbocycles. The fourth-order valence-corrected chi connectivity index (χ4v) is 4.45. The third kappa shape index (κ3) is 1.56. The van der Waals surface area contributed by atoms with Crippen molar-refractivity contribution in [2.75, 3.05) is 19.7 Å². The van der Waals surface area contributed by atoms with Crippen molar-refractivity contribution in [3.63, 3.8) is 0 Å². The first kappa shape index (κ1) is 13.1. The molecule has 0 bridgehead atoms. The van der Waals surface area contributed by atoms with Crippen LogP contribution in [0.3, 0.4) is 0 Å². The summed E-state index contributed by atoms with van der Waals surface area (Å²) < 4.78 is 5.95. The number of hydrogen-bond acceptors (Lipinski definition) is 3. The summed E-state index contributed by atoms with van der Waals surface area (Å²) >= 11 is 0. The molecule has 4 heterocycles. The van der Waals surface area contributed by atoms with E-state index in [1.165, 1.54) is 0 Å². The first-order valence-electron chi connectivity index (χ1n) is 8.02. The highest BCUT2D eigenvalue weighted by molar-refractivity contribution is 6.06. The zero-order chi connectivity index (χ0) is 15.6. The lowest BCUT2D eigenvalue weighted by molar-refractivity contribution is -0.136. The number of nitrogens with zero attached hydrogens (tertiary/aromatic N) is 2. The van der Waals surface area contributed by atoms with E-state index in [9.17, 15) is 9.59 Å². The third-order valence-corrected chi connectivity index (χ3v) is 5.48. The number of aromatic amines is 1. The van der Waals surface area contributed by atoms with E-state index in [0.717, 1.165) is 10.9 Å². The Morgan fingerprint density at radius 2 is 2.22 bits per heavy atom. The summed E-state index contributed by atoms with van der Waals surface area (Å²) in [5.74, 6) is 0.0770. The van der Waals surface area contributed by atoms with Gasteiger partial charge in [-0.1, -0.05) is 12.1 Å². The smallest absolute Gasteiger partial charge is 0.256 e. The molecule has 118 valence electrons. The average molecular weight is 311 g/mol. The van der Waals surface area contributed by atoms with Gasteiger partial charge in [0.25, 0.3) is 5.91 Å². The molecule has 0 unspecified atom stereocenters. The maximum Gasteiger partial charge on any atom is 0.256 e. The molecule has 3 aliphatic heterocycles. The Kier molecular flexibility index (Phi) is 2.48. The monoisotopic (exact) mass is 311 g/mol. The summed E-state index contributed by atoms with van der Waals surface area (Å²) in [7, 11) is 0. The van der Waals surface area contributed by atoms with Crippen LogP contribution >= 0.6 is 0 Å². The van der Waals surface area contributed by atoms with E-state index in [1.807, 2.05) is 40.3 Å². The fraction of sp³-hybridized carbons (Fsp3) is 0.412. The summed E-state index contributed by atoms with van der Waals surface area (Å²) in [6.45, 7) is 1.84. The van der Waals surface area contributed by atoms with Crippen molar-refractivity contribution in [1.82, 2.24) is 14.8 Å². The van der Waals surface area contributed by atoms with Gasteiger partial charge in [-0.25, -0.2) is 0 Å². The van der Waals surface area contributed by atoms with Crippen molar-refractivity contribution in [3.05, 3.63) is 36.0 Å². The van der Waals surface area contributed by atoms with Gasteiger partial charge in [-0.15, -0.1) is 0 Å². The van der Waals surface area contributed by atoms with Crippen molar-refractivity contribution in [2.45, 2.75) is 24.6 Å².